The van der Waals surface area contributed by atoms with Crippen LogP contribution in [0, 0.1) is 5.92 Å². The number of carbonyl (C=O) groups is 2. The molecule has 0 spiro atoms. The monoisotopic (exact) mass is 445 g/mol. The van der Waals surface area contributed by atoms with Crippen molar-refractivity contribution in [2.75, 3.05) is 31.6 Å². The first-order chi connectivity index (χ1) is 14.8. The van der Waals surface area contributed by atoms with Crippen molar-refractivity contribution in [1.82, 2.24) is 9.62 Å². The van der Waals surface area contributed by atoms with Crippen LogP contribution in [0.25, 0.3) is 0 Å². The van der Waals surface area contributed by atoms with E-state index in [1.165, 1.54) is 16.4 Å². The molecule has 2 aromatic carbocycles. The maximum absolute atomic E-state index is 12.8. The van der Waals surface area contributed by atoms with Crippen LogP contribution in [-0.2, 0) is 26.1 Å². The molecule has 1 aliphatic rings. The Morgan fingerprint density at radius 3 is 2.48 bits per heavy atom. The highest BCUT2D eigenvalue weighted by Gasteiger charge is 2.26. The Morgan fingerprint density at radius 1 is 1.06 bits per heavy atom. The van der Waals surface area contributed by atoms with E-state index in [-0.39, 0.29) is 34.7 Å². The Bertz CT molecular complexity index is 1050. The summed E-state index contributed by atoms with van der Waals surface area (Å²) in [4.78, 5) is 24.6. The lowest BCUT2D eigenvalue weighted by atomic mass is 10.1. The number of rotatable bonds is 7. The number of hydrogen-bond donors (Lipinski definition) is 2. The van der Waals surface area contributed by atoms with Crippen molar-refractivity contribution in [3.63, 3.8) is 0 Å². The van der Waals surface area contributed by atoms with Gasteiger partial charge in [-0.2, -0.15) is 4.31 Å². The van der Waals surface area contributed by atoms with Crippen LogP contribution in [0.15, 0.2) is 53.4 Å². The van der Waals surface area contributed by atoms with Crippen molar-refractivity contribution in [3.05, 3.63) is 59.7 Å². The summed E-state index contributed by atoms with van der Waals surface area (Å²) in [6.45, 7) is 5.17. The zero-order valence-electron chi connectivity index (χ0n) is 17.6. The Kier molecular flexibility index (Phi) is 7.42. The quantitative estimate of drug-likeness (QED) is 0.680. The number of ether oxygens (including phenoxy) is 1. The molecule has 166 valence electrons. The molecular formula is C22H27N3O5S. The van der Waals surface area contributed by atoms with Crippen LogP contribution in [0.4, 0.5) is 5.69 Å². The van der Waals surface area contributed by atoms with Crippen LogP contribution < -0.4 is 10.6 Å². The summed E-state index contributed by atoms with van der Waals surface area (Å²) in [7, 11) is -3.68. The second-order valence-corrected chi connectivity index (χ2v) is 9.51. The zero-order valence-corrected chi connectivity index (χ0v) is 18.4. The van der Waals surface area contributed by atoms with Crippen molar-refractivity contribution in [2.45, 2.75) is 25.3 Å². The molecule has 2 aromatic rings. The van der Waals surface area contributed by atoms with Crippen molar-refractivity contribution in [1.29, 1.82) is 0 Å². The highest BCUT2D eigenvalue weighted by atomic mass is 32.2. The summed E-state index contributed by atoms with van der Waals surface area (Å²) < 4.78 is 32.2. The number of hydrogen-bond acceptors (Lipinski definition) is 5. The molecule has 2 amide bonds. The maximum Gasteiger partial charge on any atom is 0.251 e. The number of nitrogens with one attached hydrogen (secondary N) is 2. The maximum atomic E-state index is 12.8. The predicted octanol–water partition coefficient (Wildman–Crippen LogP) is 2.23. The molecule has 2 N–H and O–H groups in total. The minimum absolute atomic E-state index is 0.0837. The number of benzene rings is 2. The Labute approximate surface area is 182 Å². The van der Waals surface area contributed by atoms with Gasteiger partial charge in [-0.15, -0.1) is 0 Å². The minimum Gasteiger partial charge on any atom is -0.379 e. The third-order valence-corrected chi connectivity index (χ3v) is 6.77. The molecule has 0 radical (unpaired) electrons. The molecule has 0 unspecified atom stereocenters. The van der Waals surface area contributed by atoms with E-state index in [9.17, 15) is 18.0 Å². The third kappa shape index (κ3) is 5.90. The normalized spacial score (nSPS) is 14.9. The number of morpholine rings is 1. The molecule has 0 aromatic heterocycles. The van der Waals surface area contributed by atoms with Crippen molar-refractivity contribution in [3.8, 4) is 0 Å². The first kappa shape index (κ1) is 22.9. The summed E-state index contributed by atoms with van der Waals surface area (Å²) >= 11 is 0. The Morgan fingerprint density at radius 2 is 1.77 bits per heavy atom. The highest BCUT2D eigenvalue weighted by Crippen LogP contribution is 2.19. The van der Waals surface area contributed by atoms with Gasteiger partial charge in [0.1, 0.15) is 0 Å². The van der Waals surface area contributed by atoms with Crippen LogP contribution in [0.5, 0.6) is 0 Å². The summed E-state index contributed by atoms with van der Waals surface area (Å²) in [5.41, 5.74) is 1.73. The van der Waals surface area contributed by atoms with E-state index in [4.69, 9.17) is 4.74 Å². The SMILES string of the molecule is CC(C)C(=O)Nc1cccc(CNC(=O)c2cccc(S(=O)(=O)N3CCOCC3)c2)c1. The zero-order chi connectivity index (χ0) is 22.4. The summed E-state index contributed by atoms with van der Waals surface area (Å²) in [5, 5.41) is 5.62. The smallest absolute Gasteiger partial charge is 0.251 e. The number of anilines is 1. The van der Waals surface area contributed by atoms with Crippen molar-refractivity contribution >= 4 is 27.5 Å². The van der Waals surface area contributed by atoms with E-state index in [0.29, 0.717) is 32.0 Å². The topological polar surface area (TPSA) is 105 Å². The molecule has 0 atom stereocenters. The van der Waals surface area contributed by atoms with E-state index < -0.39 is 10.0 Å². The van der Waals surface area contributed by atoms with Crippen LogP contribution in [-0.4, -0.2) is 50.8 Å². The van der Waals surface area contributed by atoms with Gasteiger partial charge in [0.25, 0.3) is 5.91 Å². The molecular weight excluding hydrogens is 418 g/mol. The largest absolute Gasteiger partial charge is 0.379 e. The van der Waals surface area contributed by atoms with Crippen LogP contribution >= 0.6 is 0 Å². The fourth-order valence-electron chi connectivity index (χ4n) is 3.06. The van der Waals surface area contributed by atoms with Gasteiger partial charge < -0.3 is 15.4 Å². The average molecular weight is 446 g/mol. The fourth-order valence-corrected chi connectivity index (χ4v) is 4.52. The molecule has 9 heteroatoms. The summed E-state index contributed by atoms with van der Waals surface area (Å²) in [5.74, 6) is -0.598. The fraction of sp³-hybridized carbons (Fsp3) is 0.364. The van der Waals surface area contributed by atoms with Crippen molar-refractivity contribution < 1.29 is 22.7 Å². The van der Waals surface area contributed by atoms with E-state index >= 15 is 0 Å². The highest BCUT2D eigenvalue weighted by molar-refractivity contribution is 7.89. The molecule has 0 bridgehead atoms. The van der Waals surface area contributed by atoms with Gasteiger partial charge in [0.2, 0.25) is 15.9 Å². The lowest BCUT2D eigenvalue weighted by Gasteiger charge is -2.26. The molecule has 1 heterocycles. The second-order valence-electron chi connectivity index (χ2n) is 7.57. The number of carbonyl (C=O) groups excluding carboxylic acids is 2. The summed E-state index contributed by atoms with van der Waals surface area (Å²) in [6, 6.07) is 13.2. The molecule has 0 saturated carbocycles. The van der Waals surface area contributed by atoms with Gasteiger partial charge in [-0.1, -0.05) is 32.0 Å². The van der Waals surface area contributed by atoms with Gasteiger partial charge in [0.05, 0.1) is 18.1 Å². The minimum atomic E-state index is -3.68. The molecule has 1 saturated heterocycles. The Balaban J connectivity index is 1.66. The first-order valence-electron chi connectivity index (χ1n) is 10.1. The van der Waals surface area contributed by atoms with E-state index in [1.807, 2.05) is 19.9 Å². The number of amides is 2. The third-order valence-electron chi connectivity index (χ3n) is 4.88. The van der Waals surface area contributed by atoms with Gasteiger partial charge in [-0.3, -0.25) is 9.59 Å². The molecule has 3 rings (SSSR count). The second kappa shape index (κ2) is 10.0. The number of sulfonamides is 1. The van der Waals surface area contributed by atoms with Crippen molar-refractivity contribution in [2.24, 2.45) is 5.92 Å². The standard InChI is InChI=1S/C22H27N3O5S/c1-16(2)21(26)24-19-7-3-5-17(13-19)15-23-22(27)18-6-4-8-20(14-18)31(28,29)25-9-11-30-12-10-25/h3-8,13-14,16H,9-12,15H2,1-2H3,(H,23,27)(H,24,26). The molecule has 31 heavy (non-hydrogen) atoms. The lowest BCUT2D eigenvalue weighted by molar-refractivity contribution is -0.118. The molecule has 0 aliphatic carbocycles. The predicted molar refractivity (Wildman–Crippen MR) is 117 cm³/mol. The molecule has 8 nitrogen and oxygen atoms in total. The molecule has 1 fully saturated rings. The van der Waals surface area contributed by atoms with Crippen LogP contribution in [0.2, 0.25) is 0 Å². The van der Waals surface area contributed by atoms with Crippen LogP contribution in [0.3, 0.4) is 0 Å². The van der Waals surface area contributed by atoms with Gasteiger partial charge in [0, 0.05) is 36.8 Å². The lowest BCUT2D eigenvalue weighted by Crippen LogP contribution is -2.40. The van der Waals surface area contributed by atoms with E-state index in [2.05, 4.69) is 10.6 Å². The average Bonchev–Trinajstić information content (AvgIpc) is 2.78. The first-order valence-corrected chi connectivity index (χ1v) is 11.6. The van der Waals surface area contributed by atoms with Gasteiger partial charge in [0.15, 0.2) is 0 Å². The van der Waals surface area contributed by atoms with Gasteiger partial charge in [-0.05, 0) is 35.9 Å². The van der Waals surface area contributed by atoms with E-state index in [0.717, 1.165) is 5.56 Å². The van der Waals surface area contributed by atoms with Crippen LogP contribution in [0.1, 0.15) is 29.8 Å². The van der Waals surface area contributed by atoms with E-state index in [1.54, 1.807) is 30.3 Å². The Hall–Kier alpha value is -2.75. The number of nitrogens with zero attached hydrogens (tertiary/aromatic N) is 1. The van der Waals surface area contributed by atoms with Gasteiger partial charge in [-0.25, -0.2) is 8.42 Å². The van der Waals surface area contributed by atoms with Gasteiger partial charge >= 0.3 is 0 Å². The molecule has 1 aliphatic heterocycles. The summed E-state index contributed by atoms with van der Waals surface area (Å²) in [6.07, 6.45) is 0.